The Morgan fingerprint density at radius 1 is 1.03 bits per heavy atom. The van der Waals surface area contributed by atoms with E-state index in [-0.39, 0.29) is 35.2 Å². The number of methoxy groups -OCH3 is 1. The molecule has 1 aromatic heterocycles. The molecule has 1 amide bonds. The Hall–Kier alpha value is -3.13. The number of amides is 1. The van der Waals surface area contributed by atoms with Gasteiger partial charge >= 0.3 is 0 Å². The van der Waals surface area contributed by atoms with Crippen LogP contribution < -0.4 is 4.74 Å². The molecule has 0 aliphatic rings. The van der Waals surface area contributed by atoms with Crippen molar-refractivity contribution >= 4 is 15.7 Å². The lowest BCUT2D eigenvalue weighted by atomic mass is 10.1. The number of carbonyl (C=O) groups excluding carboxylic acids is 1. The number of hydrogen-bond acceptors (Lipinski definition) is 5. The quantitative estimate of drug-likeness (QED) is 0.357. The maximum atomic E-state index is 13.5. The van der Waals surface area contributed by atoms with Crippen LogP contribution in [0, 0.1) is 18.8 Å². The average Bonchev–Trinajstić information content (AvgIpc) is 3.21. The van der Waals surface area contributed by atoms with E-state index in [9.17, 15) is 13.2 Å². The van der Waals surface area contributed by atoms with Crippen molar-refractivity contribution in [3.63, 3.8) is 0 Å². The highest BCUT2D eigenvalue weighted by molar-refractivity contribution is 7.90. The fraction of sp³-hybridized carbons (Fsp3) is 0.429. The van der Waals surface area contributed by atoms with E-state index in [4.69, 9.17) is 4.74 Å². The molecule has 0 aliphatic heterocycles. The molecule has 0 spiro atoms. The number of hydrogen-bond donors (Lipinski definition) is 0. The van der Waals surface area contributed by atoms with Gasteiger partial charge in [-0.25, -0.2) is 13.4 Å². The first kappa shape index (κ1) is 27.5. The van der Waals surface area contributed by atoms with Crippen molar-refractivity contribution in [2.45, 2.75) is 58.6 Å². The number of rotatable bonds is 11. The van der Waals surface area contributed by atoms with Gasteiger partial charge in [0, 0.05) is 18.7 Å². The van der Waals surface area contributed by atoms with Crippen LogP contribution in [0.25, 0.3) is 0 Å². The maximum Gasteiger partial charge on any atom is 0.254 e. The van der Waals surface area contributed by atoms with Crippen molar-refractivity contribution in [2.24, 2.45) is 11.8 Å². The predicted molar refractivity (Wildman–Crippen MR) is 142 cm³/mol. The number of benzene rings is 2. The molecule has 0 saturated heterocycles. The van der Waals surface area contributed by atoms with Crippen LogP contribution in [-0.2, 0) is 28.7 Å². The molecule has 0 bridgehead atoms. The molecular formula is C28H37N3O4S. The van der Waals surface area contributed by atoms with Gasteiger partial charge in [-0.3, -0.25) is 4.79 Å². The standard InChI is InChI=1S/C28H37N3O4S/c1-20(2)16-30(27(32)23-11-13-26(35-6)14-12-23)18-25-15-29-28(31(25)17-21(3)4)36(33,34)19-24-10-8-7-9-22(24)5/h7-15,20-21H,16-19H2,1-6H3. The minimum Gasteiger partial charge on any atom is -0.497 e. The largest absolute Gasteiger partial charge is 0.497 e. The van der Waals surface area contributed by atoms with Gasteiger partial charge in [0.2, 0.25) is 15.0 Å². The predicted octanol–water partition coefficient (Wildman–Crippen LogP) is 5.13. The molecule has 194 valence electrons. The second-order valence-electron chi connectivity index (χ2n) is 10.0. The highest BCUT2D eigenvalue weighted by Gasteiger charge is 2.27. The minimum absolute atomic E-state index is 0.0517. The van der Waals surface area contributed by atoms with Gasteiger partial charge in [-0.05, 0) is 54.2 Å². The van der Waals surface area contributed by atoms with Crippen molar-refractivity contribution in [3.8, 4) is 5.75 Å². The summed E-state index contributed by atoms with van der Waals surface area (Å²) in [5.41, 5.74) is 2.94. The van der Waals surface area contributed by atoms with Crippen molar-refractivity contribution in [1.82, 2.24) is 14.5 Å². The second kappa shape index (κ2) is 11.7. The molecule has 3 rings (SSSR count). The molecule has 7 nitrogen and oxygen atoms in total. The molecule has 2 aromatic carbocycles. The molecule has 3 aromatic rings. The smallest absolute Gasteiger partial charge is 0.254 e. The number of aromatic nitrogens is 2. The molecule has 8 heteroatoms. The summed E-state index contributed by atoms with van der Waals surface area (Å²) in [6.07, 6.45) is 1.60. The third kappa shape index (κ3) is 6.75. The average molecular weight is 512 g/mol. The third-order valence-corrected chi connectivity index (χ3v) is 7.47. The third-order valence-electron chi connectivity index (χ3n) is 5.90. The van der Waals surface area contributed by atoms with E-state index >= 15 is 0 Å². The number of nitrogens with zero attached hydrogens (tertiary/aromatic N) is 3. The monoisotopic (exact) mass is 511 g/mol. The van der Waals surface area contributed by atoms with Gasteiger partial charge in [0.15, 0.2) is 0 Å². The SMILES string of the molecule is COc1ccc(C(=O)N(Cc2cnc(S(=O)(=O)Cc3ccccc3C)n2CC(C)C)CC(C)C)cc1. The summed E-state index contributed by atoms with van der Waals surface area (Å²) < 4.78 is 33.9. The van der Waals surface area contributed by atoms with Crippen molar-refractivity contribution in [2.75, 3.05) is 13.7 Å². The molecule has 0 unspecified atom stereocenters. The molecule has 0 aliphatic carbocycles. The lowest BCUT2D eigenvalue weighted by Gasteiger charge is -2.26. The molecule has 0 N–H and O–H groups in total. The van der Waals surface area contributed by atoms with Gasteiger partial charge in [-0.15, -0.1) is 0 Å². The maximum absolute atomic E-state index is 13.5. The first-order chi connectivity index (χ1) is 17.0. The Balaban J connectivity index is 1.96. The number of imidazole rings is 1. The lowest BCUT2D eigenvalue weighted by Crippen LogP contribution is -2.34. The van der Waals surface area contributed by atoms with E-state index in [0.29, 0.717) is 30.1 Å². The Kier molecular flexibility index (Phi) is 8.95. The topological polar surface area (TPSA) is 81.5 Å². The molecule has 0 saturated carbocycles. The molecular weight excluding hydrogens is 474 g/mol. The molecule has 0 atom stereocenters. The number of sulfone groups is 1. The van der Waals surface area contributed by atoms with E-state index in [1.165, 1.54) is 0 Å². The molecule has 1 heterocycles. The number of aryl methyl sites for hydroxylation is 1. The van der Waals surface area contributed by atoms with E-state index < -0.39 is 9.84 Å². The highest BCUT2D eigenvalue weighted by Crippen LogP contribution is 2.23. The zero-order valence-electron chi connectivity index (χ0n) is 22.1. The van der Waals surface area contributed by atoms with Gasteiger partial charge in [-0.2, -0.15) is 0 Å². The normalized spacial score (nSPS) is 11.8. The summed E-state index contributed by atoms with van der Waals surface area (Å²) in [6.45, 7) is 11.4. The van der Waals surface area contributed by atoms with E-state index in [1.807, 2.05) is 45.0 Å². The second-order valence-corrected chi connectivity index (χ2v) is 11.9. The van der Waals surface area contributed by atoms with Gasteiger partial charge in [0.05, 0.1) is 31.3 Å². The van der Waals surface area contributed by atoms with E-state index in [2.05, 4.69) is 18.8 Å². The van der Waals surface area contributed by atoms with Crippen LogP contribution in [0.4, 0.5) is 0 Å². The number of carbonyl (C=O) groups is 1. The van der Waals surface area contributed by atoms with Gasteiger partial charge in [0.1, 0.15) is 5.75 Å². The van der Waals surface area contributed by atoms with Crippen molar-refractivity contribution < 1.29 is 17.9 Å². The summed E-state index contributed by atoms with van der Waals surface area (Å²) in [5.74, 6) is 0.877. The molecule has 0 radical (unpaired) electrons. The van der Waals surface area contributed by atoms with Crippen molar-refractivity contribution in [3.05, 3.63) is 77.1 Å². The van der Waals surface area contributed by atoms with Gasteiger partial charge in [0.25, 0.3) is 5.91 Å². The lowest BCUT2D eigenvalue weighted by molar-refractivity contribution is 0.0717. The van der Waals surface area contributed by atoms with Gasteiger partial charge in [-0.1, -0.05) is 52.0 Å². The van der Waals surface area contributed by atoms with Crippen LogP contribution in [0.3, 0.4) is 0 Å². The minimum atomic E-state index is -3.70. The highest BCUT2D eigenvalue weighted by atomic mass is 32.2. The van der Waals surface area contributed by atoms with Crippen LogP contribution in [-0.4, -0.2) is 42.4 Å². The Bertz CT molecular complexity index is 1280. The Labute approximate surface area is 215 Å². The summed E-state index contributed by atoms with van der Waals surface area (Å²) in [5, 5.41) is 0.0517. The van der Waals surface area contributed by atoms with Crippen LogP contribution >= 0.6 is 0 Å². The summed E-state index contributed by atoms with van der Waals surface area (Å²) >= 11 is 0. The Morgan fingerprint density at radius 2 is 1.69 bits per heavy atom. The summed E-state index contributed by atoms with van der Waals surface area (Å²) in [6, 6.07) is 14.5. The zero-order chi connectivity index (χ0) is 26.5. The van der Waals surface area contributed by atoms with E-state index in [0.717, 1.165) is 11.1 Å². The molecule has 0 fully saturated rings. The number of ether oxygens (including phenoxy) is 1. The van der Waals surface area contributed by atoms with Crippen LogP contribution in [0.15, 0.2) is 59.9 Å². The Morgan fingerprint density at radius 3 is 2.28 bits per heavy atom. The zero-order valence-corrected chi connectivity index (χ0v) is 22.9. The first-order valence-electron chi connectivity index (χ1n) is 12.3. The fourth-order valence-corrected chi connectivity index (χ4v) is 5.74. The van der Waals surface area contributed by atoms with Crippen molar-refractivity contribution in [1.29, 1.82) is 0 Å². The van der Waals surface area contributed by atoms with Crippen LogP contribution in [0.5, 0.6) is 5.75 Å². The van der Waals surface area contributed by atoms with E-state index in [1.54, 1.807) is 47.0 Å². The summed E-state index contributed by atoms with van der Waals surface area (Å²) in [4.78, 5) is 19.6. The summed E-state index contributed by atoms with van der Waals surface area (Å²) in [7, 11) is -2.11. The van der Waals surface area contributed by atoms with Crippen LogP contribution in [0.2, 0.25) is 0 Å². The first-order valence-corrected chi connectivity index (χ1v) is 13.9. The molecule has 36 heavy (non-hydrogen) atoms. The van der Waals surface area contributed by atoms with Gasteiger partial charge < -0.3 is 14.2 Å². The van der Waals surface area contributed by atoms with Crippen LogP contribution in [0.1, 0.15) is 54.9 Å². The fourth-order valence-electron chi connectivity index (χ4n) is 4.14.